The second-order valence-electron chi connectivity index (χ2n) is 3.29. The number of carbonyl (C=O) groups is 1. The Morgan fingerprint density at radius 2 is 2.36 bits per heavy atom. The summed E-state index contributed by atoms with van der Waals surface area (Å²) in [6.45, 7) is 3.98. The molecule has 0 aromatic rings. The molecule has 0 bridgehead atoms. The highest BCUT2D eigenvalue weighted by Crippen LogP contribution is 2.19. The third-order valence-corrected chi connectivity index (χ3v) is 2.12. The molecule has 1 amide bonds. The molecule has 0 spiro atoms. The summed E-state index contributed by atoms with van der Waals surface area (Å²) in [4.78, 5) is 15.2. The standard InChI is InChI=1S/C11H16N2O/c1-4-5-10-9(6-8(2)12-3)7-11(14)13-10/h5-6H,4,7H2,1-3H3,(H,13,14)/b9-6-,10-5?,12-8?. The van der Waals surface area contributed by atoms with Crippen molar-refractivity contribution in [1.82, 2.24) is 5.32 Å². The molecular weight excluding hydrogens is 176 g/mol. The molecule has 76 valence electrons. The van der Waals surface area contributed by atoms with Crippen LogP contribution in [0.25, 0.3) is 0 Å². The lowest BCUT2D eigenvalue weighted by atomic mass is 10.1. The van der Waals surface area contributed by atoms with Crippen molar-refractivity contribution in [3.05, 3.63) is 23.4 Å². The Balaban J connectivity index is 2.92. The average Bonchev–Trinajstić information content (AvgIpc) is 2.47. The molecule has 0 radical (unpaired) electrons. The van der Waals surface area contributed by atoms with Crippen molar-refractivity contribution >= 4 is 11.6 Å². The summed E-state index contributed by atoms with van der Waals surface area (Å²) in [6, 6.07) is 0. The highest BCUT2D eigenvalue weighted by Gasteiger charge is 2.19. The van der Waals surface area contributed by atoms with E-state index in [0.717, 1.165) is 23.4 Å². The van der Waals surface area contributed by atoms with Crippen molar-refractivity contribution in [1.29, 1.82) is 0 Å². The summed E-state index contributed by atoms with van der Waals surface area (Å²) in [6.07, 6.45) is 5.38. The van der Waals surface area contributed by atoms with Gasteiger partial charge < -0.3 is 5.32 Å². The lowest BCUT2D eigenvalue weighted by Gasteiger charge is -1.99. The van der Waals surface area contributed by atoms with E-state index < -0.39 is 0 Å². The maximum atomic E-state index is 11.2. The van der Waals surface area contributed by atoms with Gasteiger partial charge in [-0.25, -0.2) is 0 Å². The van der Waals surface area contributed by atoms with Crippen molar-refractivity contribution in [2.45, 2.75) is 26.7 Å². The smallest absolute Gasteiger partial charge is 0.228 e. The van der Waals surface area contributed by atoms with Crippen molar-refractivity contribution in [3.63, 3.8) is 0 Å². The normalized spacial score (nSPS) is 23.4. The van der Waals surface area contributed by atoms with E-state index in [1.807, 2.05) is 19.1 Å². The minimum Gasteiger partial charge on any atom is -0.326 e. The SMILES string of the molecule is CCC=C1NC(=O)C/C1=C/C(C)=NC. The van der Waals surface area contributed by atoms with Crippen LogP contribution in [0.3, 0.4) is 0 Å². The summed E-state index contributed by atoms with van der Waals surface area (Å²) in [7, 11) is 1.75. The molecule has 0 unspecified atom stereocenters. The average molecular weight is 192 g/mol. The minimum absolute atomic E-state index is 0.0693. The first-order valence-electron chi connectivity index (χ1n) is 4.81. The molecule has 0 aromatic heterocycles. The Hall–Kier alpha value is -1.38. The number of amides is 1. The molecule has 1 saturated heterocycles. The van der Waals surface area contributed by atoms with Gasteiger partial charge in [0.1, 0.15) is 0 Å². The summed E-state index contributed by atoms with van der Waals surface area (Å²) >= 11 is 0. The fourth-order valence-electron chi connectivity index (χ4n) is 1.37. The molecule has 0 saturated carbocycles. The van der Waals surface area contributed by atoms with E-state index in [1.165, 1.54) is 0 Å². The number of nitrogens with zero attached hydrogens (tertiary/aromatic N) is 1. The van der Waals surface area contributed by atoms with E-state index in [1.54, 1.807) is 7.05 Å². The first kappa shape index (κ1) is 10.7. The molecule has 1 N–H and O–H groups in total. The largest absolute Gasteiger partial charge is 0.326 e. The Labute approximate surface area is 84.6 Å². The predicted molar refractivity (Wildman–Crippen MR) is 58.2 cm³/mol. The fourth-order valence-corrected chi connectivity index (χ4v) is 1.37. The van der Waals surface area contributed by atoms with Crippen LogP contribution < -0.4 is 5.32 Å². The molecule has 0 atom stereocenters. The van der Waals surface area contributed by atoms with Crippen molar-refractivity contribution < 1.29 is 4.79 Å². The van der Waals surface area contributed by atoms with Crippen LogP contribution in [0.5, 0.6) is 0 Å². The summed E-state index contributed by atoms with van der Waals surface area (Å²) in [5, 5.41) is 2.83. The van der Waals surface area contributed by atoms with Gasteiger partial charge in [0.2, 0.25) is 5.91 Å². The lowest BCUT2D eigenvalue weighted by molar-refractivity contribution is -0.118. The van der Waals surface area contributed by atoms with Gasteiger partial charge in [0, 0.05) is 18.5 Å². The van der Waals surface area contributed by atoms with Gasteiger partial charge in [-0.05, 0) is 25.0 Å². The highest BCUT2D eigenvalue weighted by molar-refractivity contribution is 5.97. The number of hydrogen-bond acceptors (Lipinski definition) is 2. The topological polar surface area (TPSA) is 41.5 Å². The first-order chi connectivity index (χ1) is 6.67. The zero-order valence-electron chi connectivity index (χ0n) is 8.92. The second kappa shape index (κ2) is 4.74. The second-order valence-corrected chi connectivity index (χ2v) is 3.29. The van der Waals surface area contributed by atoms with Gasteiger partial charge in [0.15, 0.2) is 0 Å². The van der Waals surface area contributed by atoms with Crippen LogP contribution in [-0.2, 0) is 4.79 Å². The van der Waals surface area contributed by atoms with E-state index >= 15 is 0 Å². The van der Waals surface area contributed by atoms with Crippen molar-refractivity contribution in [3.8, 4) is 0 Å². The molecule has 1 fully saturated rings. The first-order valence-corrected chi connectivity index (χ1v) is 4.81. The Morgan fingerprint density at radius 1 is 1.64 bits per heavy atom. The van der Waals surface area contributed by atoms with Crippen molar-refractivity contribution in [2.75, 3.05) is 7.05 Å². The zero-order valence-corrected chi connectivity index (χ0v) is 8.92. The van der Waals surface area contributed by atoms with Crippen LogP contribution in [0, 0.1) is 0 Å². The van der Waals surface area contributed by atoms with E-state index in [0.29, 0.717) is 6.42 Å². The van der Waals surface area contributed by atoms with Crippen LogP contribution in [0.2, 0.25) is 0 Å². The van der Waals surface area contributed by atoms with Crippen molar-refractivity contribution in [2.24, 2.45) is 4.99 Å². The zero-order chi connectivity index (χ0) is 10.6. The van der Waals surface area contributed by atoms with Gasteiger partial charge in [0.25, 0.3) is 0 Å². The van der Waals surface area contributed by atoms with Crippen LogP contribution in [0.15, 0.2) is 28.4 Å². The number of carbonyl (C=O) groups excluding carboxylic acids is 1. The van der Waals surface area contributed by atoms with E-state index in [9.17, 15) is 4.79 Å². The highest BCUT2D eigenvalue weighted by atomic mass is 16.1. The molecule has 3 heteroatoms. The number of rotatable bonds is 2. The Bertz CT molecular complexity index is 324. The minimum atomic E-state index is 0.0693. The molecule has 0 aromatic carbocycles. The summed E-state index contributed by atoms with van der Waals surface area (Å²) in [5.41, 5.74) is 2.93. The van der Waals surface area contributed by atoms with Crippen LogP contribution in [0.4, 0.5) is 0 Å². The molecule has 14 heavy (non-hydrogen) atoms. The van der Waals surface area contributed by atoms with Gasteiger partial charge in [-0.2, -0.15) is 0 Å². The molecule has 3 nitrogen and oxygen atoms in total. The third-order valence-electron chi connectivity index (χ3n) is 2.12. The Morgan fingerprint density at radius 3 is 2.93 bits per heavy atom. The maximum Gasteiger partial charge on any atom is 0.228 e. The summed E-state index contributed by atoms with van der Waals surface area (Å²) < 4.78 is 0. The molecule has 1 rings (SSSR count). The van der Waals surface area contributed by atoms with Crippen LogP contribution in [0.1, 0.15) is 26.7 Å². The third kappa shape index (κ3) is 2.55. The van der Waals surface area contributed by atoms with E-state index in [2.05, 4.69) is 17.2 Å². The van der Waals surface area contributed by atoms with Gasteiger partial charge in [-0.3, -0.25) is 9.79 Å². The van der Waals surface area contributed by atoms with Gasteiger partial charge in [-0.1, -0.05) is 13.0 Å². The molecule has 1 heterocycles. The van der Waals surface area contributed by atoms with Crippen LogP contribution in [-0.4, -0.2) is 18.7 Å². The molecule has 1 aliphatic rings. The predicted octanol–water partition coefficient (Wildman–Crippen LogP) is 1.82. The van der Waals surface area contributed by atoms with Crippen LogP contribution >= 0.6 is 0 Å². The summed E-state index contributed by atoms with van der Waals surface area (Å²) in [5.74, 6) is 0.0693. The number of aliphatic imine (C=N–C) groups is 1. The molecular formula is C11H16N2O. The lowest BCUT2D eigenvalue weighted by Crippen LogP contribution is -2.11. The van der Waals surface area contributed by atoms with Gasteiger partial charge in [0.05, 0.1) is 6.42 Å². The fraction of sp³-hybridized carbons (Fsp3) is 0.455. The van der Waals surface area contributed by atoms with E-state index in [-0.39, 0.29) is 5.91 Å². The maximum absolute atomic E-state index is 11.2. The molecule has 0 aliphatic carbocycles. The number of hydrogen-bond donors (Lipinski definition) is 1. The molecule has 1 aliphatic heterocycles. The van der Waals surface area contributed by atoms with Gasteiger partial charge in [-0.15, -0.1) is 0 Å². The monoisotopic (exact) mass is 192 g/mol. The number of allylic oxidation sites excluding steroid dienone is 3. The van der Waals surface area contributed by atoms with Gasteiger partial charge >= 0.3 is 0 Å². The quantitative estimate of drug-likeness (QED) is 0.666. The number of nitrogens with one attached hydrogen (secondary N) is 1. The van der Waals surface area contributed by atoms with E-state index in [4.69, 9.17) is 0 Å². The Kier molecular flexibility index (Phi) is 3.63.